The number of anilines is 1. The number of hydrogen-bond donors (Lipinski definition) is 2. The molecule has 2 aromatic rings. The largest absolute Gasteiger partial charge is 0.436 e. The number of rotatable bonds is 16. The Labute approximate surface area is 206 Å². The quantitative estimate of drug-likeness (QED) is 0.260. The van der Waals surface area contributed by atoms with Crippen LogP contribution in [0.15, 0.2) is 41.3 Å². The molecule has 0 heterocycles. The lowest BCUT2D eigenvalue weighted by Gasteiger charge is -2.17. The Kier molecular flexibility index (Phi) is 12.3. The SMILES string of the molecule is C#CCOC(=O)NCCOCCOCCOCCNS(=O)(=O)c1cccc2c(N(C)C)cccc12. The average Bonchev–Trinajstić information content (AvgIpc) is 2.84. The fourth-order valence-electron chi connectivity index (χ4n) is 3.14. The second kappa shape index (κ2) is 15.2. The van der Waals surface area contributed by atoms with E-state index in [9.17, 15) is 13.2 Å². The van der Waals surface area contributed by atoms with Gasteiger partial charge in [-0.15, -0.1) is 6.42 Å². The first-order valence-electron chi connectivity index (χ1n) is 11.1. The Morgan fingerprint density at radius 2 is 1.51 bits per heavy atom. The molecular formula is C24H33N3O7S. The molecule has 0 aliphatic carbocycles. The number of carbonyl (C=O) groups is 1. The third kappa shape index (κ3) is 9.71. The van der Waals surface area contributed by atoms with Gasteiger partial charge in [0.15, 0.2) is 6.61 Å². The summed E-state index contributed by atoms with van der Waals surface area (Å²) in [5.74, 6) is 2.20. The molecule has 0 aromatic heterocycles. The molecule has 2 rings (SSSR count). The van der Waals surface area contributed by atoms with E-state index in [1.165, 1.54) is 0 Å². The summed E-state index contributed by atoms with van der Waals surface area (Å²) in [6, 6.07) is 10.9. The van der Waals surface area contributed by atoms with Crippen LogP contribution in [0.2, 0.25) is 0 Å². The van der Waals surface area contributed by atoms with Crippen molar-refractivity contribution in [3.8, 4) is 12.3 Å². The summed E-state index contributed by atoms with van der Waals surface area (Å²) in [5.41, 5.74) is 0.950. The van der Waals surface area contributed by atoms with E-state index in [0.717, 1.165) is 11.1 Å². The van der Waals surface area contributed by atoms with Gasteiger partial charge in [0.1, 0.15) is 0 Å². The highest BCUT2D eigenvalue weighted by molar-refractivity contribution is 7.89. The van der Waals surface area contributed by atoms with E-state index in [1.807, 2.05) is 37.2 Å². The highest BCUT2D eigenvalue weighted by Crippen LogP contribution is 2.29. The number of nitrogens with zero attached hydrogens (tertiary/aromatic N) is 1. The molecule has 0 bridgehead atoms. The van der Waals surface area contributed by atoms with Crippen LogP contribution < -0.4 is 14.9 Å². The molecule has 11 heteroatoms. The summed E-state index contributed by atoms with van der Waals surface area (Å²) < 4.78 is 49.0. The summed E-state index contributed by atoms with van der Waals surface area (Å²) >= 11 is 0. The van der Waals surface area contributed by atoms with Crippen molar-refractivity contribution in [3.63, 3.8) is 0 Å². The number of hydrogen-bond acceptors (Lipinski definition) is 8. The second-order valence-corrected chi connectivity index (χ2v) is 9.20. The first kappa shape index (κ1) is 28.4. The number of nitrogens with one attached hydrogen (secondary N) is 2. The first-order chi connectivity index (χ1) is 16.9. The maximum atomic E-state index is 12.8. The van der Waals surface area contributed by atoms with E-state index in [4.69, 9.17) is 20.6 Å². The number of amides is 1. The predicted octanol–water partition coefficient (Wildman–Crippen LogP) is 1.59. The van der Waals surface area contributed by atoms with Gasteiger partial charge >= 0.3 is 6.09 Å². The molecule has 0 unspecified atom stereocenters. The highest BCUT2D eigenvalue weighted by atomic mass is 32.2. The van der Waals surface area contributed by atoms with E-state index in [-0.39, 0.29) is 24.7 Å². The van der Waals surface area contributed by atoms with Crippen molar-refractivity contribution in [2.75, 3.05) is 78.3 Å². The molecule has 0 saturated carbocycles. The highest BCUT2D eigenvalue weighted by Gasteiger charge is 2.18. The minimum Gasteiger partial charge on any atom is -0.436 e. The summed E-state index contributed by atoms with van der Waals surface area (Å²) in [6.07, 6.45) is 4.40. The molecule has 0 fully saturated rings. The van der Waals surface area contributed by atoms with Crippen molar-refractivity contribution in [1.29, 1.82) is 0 Å². The van der Waals surface area contributed by atoms with Gasteiger partial charge in [-0.05, 0) is 12.1 Å². The number of terminal acetylenes is 1. The molecule has 2 aromatic carbocycles. The van der Waals surface area contributed by atoms with Crippen molar-refractivity contribution in [2.45, 2.75) is 4.90 Å². The standard InChI is InChI=1S/C24H33N3O7S/c1-4-13-34-24(28)25-11-14-31-16-18-33-19-17-32-15-12-26-35(29,30)23-10-6-7-20-21(23)8-5-9-22(20)27(2)3/h1,5-10,26H,11-19H2,2-3H3,(H,25,28). The van der Waals surface area contributed by atoms with Crippen LogP contribution in [-0.4, -0.2) is 87.9 Å². The van der Waals surface area contributed by atoms with Crippen LogP contribution in [0, 0.1) is 12.3 Å². The van der Waals surface area contributed by atoms with Crippen LogP contribution in [0.1, 0.15) is 0 Å². The van der Waals surface area contributed by atoms with Crippen LogP contribution in [0.3, 0.4) is 0 Å². The van der Waals surface area contributed by atoms with E-state index in [0.29, 0.717) is 45.0 Å². The Bertz CT molecular complexity index is 1080. The van der Waals surface area contributed by atoms with E-state index < -0.39 is 16.1 Å². The van der Waals surface area contributed by atoms with Crippen LogP contribution in [0.4, 0.5) is 10.5 Å². The average molecular weight is 508 g/mol. The molecule has 35 heavy (non-hydrogen) atoms. The molecule has 192 valence electrons. The minimum absolute atomic E-state index is 0.0729. The zero-order chi connectivity index (χ0) is 25.5. The predicted molar refractivity (Wildman–Crippen MR) is 134 cm³/mol. The fourth-order valence-corrected chi connectivity index (χ4v) is 4.37. The van der Waals surface area contributed by atoms with Crippen molar-refractivity contribution in [2.24, 2.45) is 0 Å². The number of alkyl carbamates (subject to hydrolysis) is 1. The van der Waals surface area contributed by atoms with Crippen LogP contribution in [0.25, 0.3) is 10.8 Å². The molecule has 0 aliphatic rings. The van der Waals surface area contributed by atoms with Gasteiger partial charge in [-0.3, -0.25) is 0 Å². The van der Waals surface area contributed by atoms with Gasteiger partial charge < -0.3 is 29.2 Å². The summed E-state index contributed by atoms with van der Waals surface area (Å²) in [4.78, 5) is 13.3. The lowest BCUT2D eigenvalue weighted by molar-refractivity contribution is 0.0162. The number of carbonyl (C=O) groups excluding carboxylic acids is 1. The van der Waals surface area contributed by atoms with Crippen molar-refractivity contribution < 1.29 is 32.2 Å². The van der Waals surface area contributed by atoms with Gasteiger partial charge in [-0.25, -0.2) is 17.9 Å². The molecule has 0 aliphatic heterocycles. The maximum absolute atomic E-state index is 12.8. The van der Waals surface area contributed by atoms with Crippen LogP contribution in [-0.2, 0) is 29.0 Å². The molecule has 0 spiro atoms. The number of ether oxygens (including phenoxy) is 4. The molecule has 10 nitrogen and oxygen atoms in total. The Morgan fingerprint density at radius 1 is 0.914 bits per heavy atom. The molecule has 1 amide bonds. The van der Waals surface area contributed by atoms with Gasteiger partial charge in [0, 0.05) is 43.6 Å². The number of sulfonamides is 1. The monoisotopic (exact) mass is 507 g/mol. The maximum Gasteiger partial charge on any atom is 0.408 e. The molecule has 0 radical (unpaired) electrons. The van der Waals surface area contributed by atoms with Gasteiger partial charge in [-0.1, -0.05) is 30.2 Å². The lowest BCUT2D eigenvalue weighted by Crippen LogP contribution is -2.28. The first-order valence-corrected chi connectivity index (χ1v) is 12.6. The Morgan fingerprint density at radius 3 is 2.17 bits per heavy atom. The van der Waals surface area contributed by atoms with Gasteiger partial charge in [0.25, 0.3) is 0 Å². The van der Waals surface area contributed by atoms with E-state index >= 15 is 0 Å². The molecule has 0 saturated heterocycles. The third-order valence-corrected chi connectivity index (χ3v) is 6.23. The van der Waals surface area contributed by atoms with Crippen LogP contribution >= 0.6 is 0 Å². The van der Waals surface area contributed by atoms with Gasteiger partial charge in [0.2, 0.25) is 10.0 Å². The van der Waals surface area contributed by atoms with Crippen LogP contribution in [0.5, 0.6) is 0 Å². The van der Waals surface area contributed by atoms with Gasteiger partial charge in [0.05, 0.1) is 44.5 Å². The topological polar surface area (TPSA) is 115 Å². The lowest BCUT2D eigenvalue weighted by atomic mass is 10.1. The van der Waals surface area contributed by atoms with Gasteiger partial charge in [-0.2, -0.15) is 0 Å². The van der Waals surface area contributed by atoms with Crippen molar-refractivity contribution in [3.05, 3.63) is 36.4 Å². The van der Waals surface area contributed by atoms with Crippen molar-refractivity contribution >= 4 is 32.6 Å². The summed E-state index contributed by atoms with van der Waals surface area (Å²) in [7, 11) is 0.151. The summed E-state index contributed by atoms with van der Waals surface area (Å²) in [6.45, 7) is 2.32. The van der Waals surface area contributed by atoms with Crippen molar-refractivity contribution in [1.82, 2.24) is 10.0 Å². The molecule has 0 atom stereocenters. The fraction of sp³-hybridized carbons (Fsp3) is 0.458. The molecule has 2 N–H and O–H groups in total. The third-order valence-electron chi connectivity index (χ3n) is 4.72. The smallest absolute Gasteiger partial charge is 0.408 e. The minimum atomic E-state index is -3.69. The second-order valence-electron chi connectivity index (χ2n) is 7.46. The normalized spacial score (nSPS) is 11.2. The molecular weight excluding hydrogens is 474 g/mol. The van der Waals surface area contributed by atoms with E-state index in [1.54, 1.807) is 18.2 Å². The zero-order valence-electron chi connectivity index (χ0n) is 20.1. The Hall–Kier alpha value is -2.88. The zero-order valence-corrected chi connectivity index (χ0v) is 20.9. The summed E-state index contributed by atoms with van der Waals surface area (Å²) in [5, 5.41) is 4.03. The van der Waals surface area contributed by atoms with E-state index in [2.05, 4.69) is 20.7 Å². The number of benzene rings is 2. The number of fused-ring (bicyclic) bond motifs is 1. The Balaban J connectivity index is 1.59.